The van der Waals surface area contributed by atoms with Crippen LogP contribution in [0.4, 0.5) is 5.69 Å². The highest BCUT2D eigenvalue weighted by Crippen LogP contribution is 2.48. The average Bonchev–Trinajstić information content (AvgIpc) is 2.92. The van der Waals surface area contributed by atoms with Crippen molar-refractivity contribution in [2.75, 3.05) is 30.9 Å². The van der Waals surface area contributed by atoms with Gasteiger partial charge in [0.1, 0.15) is 5.75 Å². The van der Waals surface area contributed by atoms with E-state index in [-0.39, 0.29) is 6.10 Å². The van der Waals surface area contributed by atoms with E-state index in [4.69, 9.17) is 26.8 Å². The van der Waals surface area contributed by atoms with Crippen molar-refractivity contribution in [3.8, 4) is 5.75 Å². The third-order valence-electron chi connectivity index (χ3n) is 9.18. The van der Waals surface area contributed by atoms with Gasteiger partial charge in [-0.2, -0.15) is 0 Å². The third-order valence-corrected chi connectivity index (χ3v) is 9.82. The Bertz CT molecular complexity index is 1170. The fourth-order valence-corrected chi connectivity index (χ4v) is 7.46. The molecular formula is C31H40ClN2O4S+. The molecule has 8 heteroatoms. The second-order valence-electron chi connectivity index (χ2n) is 11.6. The topological polar surface area (TPSA) is 81.9 Å². The molecule has 1 amide bonds. The first-order valence-electron chi connectivity index (χ1n) is 14.3. The van der Waals surface area contributed by atoms with Gasteiger partial charge in [-0.3, -0.25) is 4.79 Å². The molecule has 0 aromatic heterocycles. The Hall–Kier alpha value is -2.22. The summed E-state index contributed by atoms with van der Waals surface area (Å²) in [6.45, 7) is 2.19. The number of nitrogens with zero attached hydrogens (tertiary/aromatic N) is 1. The summed E-state index contributed by atoms with van der Waals surface area (Å²) in [5.74, 6) is 3.30. The van der Waals surface area contributed by atoms with E-state index in [1.165, 1.54) is 30.4 Å². The molecule has 2 fully saturated rings. The number of ether oxygens (including phenoxy) is 2. The molecule has 2 aromatic carbocycles. The summed E-state index contributed by atoms with van der Waals surface area (Å²) in [6, 6.07) is 11.8. The number of halogens is 1. The molecule has 3 atom stereocenters. The van der Waals surface area contributed by atoms with Crippen LogP contribution in [0.2, 0.25) is 5.02 Å². The minimum absolute atomic E-state index is 0.252. The molecule has 0 radical (unpaired) electrons. The normalized spacial score (nSPS) is 25.5. The van der Waals surface area contributed by atoms with Gasteiger partial charge in [0.25, 0.3) is 0 Å². The summed E-state index contributed by atoms with van der Waals surface area (Å²) in [5.41, 5.74) is 9.65. The Morgan fingerprint density at radius 2 is 2.03 bits per heavy atom. The predicted molar refractivity (Wildman–Crippen MR) is 157 cm³/mol. The SMILES string of the molecule is CO[C@@H](C1CC(CC[S+]=O)C1)[C@@H]1CC[C@H]1CN1Cc2ccc(Cl)cc2CCCCOc2ccc(C(N)=O)cc21. The molecule has 210 valence electrons. The fourth-order valence-electron chi connectivity index (χ4n) is 6.83. The molecule has 2 aromatic rings. The number of aryl methyl sites for hydroxylation is 1. The lowest BCUT2D eigenvalue weighted by Crippen LogP contribution is -2.49. The van der Waals surface area contributed by atoms with Crippen molar-refractivity contribution in [3.63, 3.8) is 0 Å². The van der Waals surface area contributed by atoms with E-state index in [0.29, 0.717) is 59.8 Å². The molecule has 1 heterocycles. The number of anilines is 1. The molecule has 3 aliphatic rings. The molecule has 1 aliphatic heterocycles. The molecule has 39 heavy (non-hydrogen) atoms. The van der Waals surface area contributed by atoms with Crippen LogP contribution in [-0.4, -0.2) is 38.0 Å². The van der Waals surface area contributed by atoms with Crippen LogP contribution < -0.4 is 15.4 Å². The average molecular weight is 572 g/mol. The number of fused-ring (bicyclic) bond motifs is 2. The molecule has 2 saturated carbocycles. The van der Waals surface area contributed by atoms with Crippen LogP contribution in [0.3, 0.4) is 0 Å². The van der Waals surface area contributed by atoms with Crippen LogP contribution in [0.15, 0.2) is 36.4 Å². The van der Waals surface area contributed by atoms with Gasteiger partial charge < -0.3 is 20.1 Å². The molecule has 0 saturated heterocycles. The number of benzene rings is 2. The highest BCUT2D eigenvalue weighted by molar-refractivity contribution is 7.65. The minimum atomic E-state index is -0.435. The van der Waals surface area contributed by atoms with Crippen LogP contribution in [0, 0.1) is 23.7 Å². The van der Waals surface area contributed by atoms with E-state index in [0.717, 1.165) is 55.1 Å². The maximum Gasteiger partial charge on any atom is 0.458 e. The van der Waals surface area contributed by atoms with E-state index < -0.39 is 5.91 Å². The number of hydrogen-bond acceptors (Lipinski definition) is 5. The predicted octanol–water partition coefficient (Wildman–Crippen LogP) is 6.05. The van der Waals surface area contributed by atoms with Gasteiger partial charge in [0.15, 0.2) is 0 Å². The Balaban J connectivity index is 1.41. The number of rotatable bonds is 9. The zero-order chi connectivity index (χ0) is 27.4. The van der Waals surface area contributed by atoms with Gasteiger partial charge in [0.05, 0.1) is 18.4 Å². The maximum atomic E-state index is 12.2. The van der Waals surface area contributed by atoms with Gasteiger partial charge in [0, 0.05) is 41.4 Å². The molecule has 2 aliphatic carbocycles. The van der Waals surface area contributed by atoms with Crippen LogP contribution in [-0.2, 0) is 33.6 Å². The fraction of sp³-hybridized carbons (Fsp3) is 0.581. The summed E-state index contributed by atoms with van der Waals surface area (Å²) >= 11 is 7.11. The monoisotopic (exact) mass is 571 g/mol. The lowest BCUT2D eigenvalue weighted by atomic mass is 9.61. The lowest BCUT2D eigenvalue weighted by molar-refractivity contribution is -0.0844. The number of nitrogens with two attached hydrogens (primary N) is 1. The van der Waals surface area contributed by atoms with Gasteiger partial charge in [-0.1, -0.05) is 17.7 Å². The first-order chi connectivity index (χ1) is 19.0. The Morgan fingerprint density at radius 3 is 2.74 bits per heavy atom. The van der Waals surface area contributed by atoms with Gasteiger partial charge in [0.2, 0.25) is 11.7 Å². The van der Waals surface area contributed by atoms with Crippen LogP contribution in [0.1, 0.15) is 66.4 Å². The van der Waals surface area contributed by atoms with Crippen molar-refractivity contribution in [2.45, 2.75) is 64.0 Å². The standard InChI is InChI=1S/C31H39ClN2O4S/c1-37-30(25-14-20(15-25)11-13-39-36)27-9-6-24(27)19-34-18-23-5-8-26(32)16-21(23)4-2-3-12-38-29-10-7-22(31(33)35)17-28(29)34/h5,7-8,10,16-17,20,24-25,27,30H,2-4,6,9,11-15,18-19H2,1H3,(H-,33,35)/p+1/t20?,24-,25?,27+,30-/m0/s1. The van der Waals surface area contributed by atoms with Gasteiger partial charge in [-0.05, 0) is 110 Å². The van der Waals surface area contributed by atoms with Crippen LogP contribution in [0.5, 0.6) is 5.75 Å². The zero-order valence-corrected chi connectivity index (χ0v) is 24.4. The van der Waals surface area contributed by atoms with E-state index >= 15 is 0 Å². The summed E-state index contributed by atoms with van der Waals surface area (Å²) in [7, 11) is 1.86. The summed E-state index contributed by atoms with van der Waals surface area (Å²) in [6.07, 6.45) is 8.86. The van der Waals surface area contributed by atoms with Gasteiger partial charge in [-0.25, -0.2) is 0 Å². The number of methoxy groups -OCH3 is 1. The van der Waals surface area contributed by atoms with Crippen molar-refractivity contribution >= 4 is 34.9 Å². The van der Waals surface area contributed by atoms with Crippen molar-refractivity contribution in [2.24, 2.45) is 29.4 Å². The summed E-state index contributed by atoms with van der Waals surface area (Å²) in [5, 5.41) is 0.762. The minimum Gasteiger partial charge on any atom is -0.491 e. The summed E-state index contributed by atoms with van der Waals surface area (Å²) < 4.78 is 23.2. The van der Waals surface area contributed by atoms with Crippen molar-refractivity contribution in [3.05, 3.63) is 58.1 Å². The molecule has 2 N–H and O–H groups in total. The van der Waals surface area contributed by atoms with E-state index in [1.807, 2.05) is 25.3 Å². The number of carbonyl (C=O) groups excluding carboxylic acids is 1. The second kappa shape index (κ2) is 13.0. The largest absolute Gasteiger partial charge is 0.491 e. The first kappa shape index (κ1) is 28.3. The number of hydrogen-bond donors (Lipinski definition) is 1. The first-order valence-corrected chi connectivity index (χ1v) is 15.6. The molecular weight excluding hydrogens is 532 g/mol. The van der Waals surface area contributed by atoms with Crippen molar-refractivity contribution in [1.82, 2.24) is 0 Å². The number of amides is 1. The lowest BCUT2D eigenvalue weighted by Gasteiger charge is -2.50. The third kappa shape index (κ3) is 6.58. The number of primary amides is 1. The Labute approximate surface area is 241 Å². The van der Waals surface area contributed by atoms with Gasteiger partial charge >= 0.3 is 11.7 Å². The molecule has 0 unspecified atom stereocenters. The molecule has 5 rings (SSSR count). The molecule has 6 nitrogen and oxygen atoms in total. The van der Waals surface area contributed by atoms with E-state index in [1.54, 1.807) is 6.07 Å². The molecule has 0 spiro atoms. The second-order valence-corrected chi connectivity index (χ2v) is 12.6. The van der Waals surface area contributed by atoms with Crippen LogP contribution >= 0.6 is 11.6 Å². The Kier molecular flexibility index (Phi) is 9.41. The smallest absolute Gasteiger partial charge is 0.458 e. The maximum absolute atomic E-state index is 12.2. The van der Waals surface area contributed by atoms with Crippen molar-refractivity contribution in [1.29, 1.82) is 0 Å². The van der Waals surface area contributed by atoms with E-state index in [2.05, 4.69) is 17.0 Å². The highest BCUT2D eigenvalue weighted by Gasteiger charge is 2.45. The highest BCUT2D eigenvalue weighted by atomic mass is 35.5. The summed E-state index contributed by atoms with van der Waals surface area (Å²) in [4.78, 5) is 14.5. The Morgan fingerprint density at radius 1 is 1.18 bits per heavy atom. The van der Waals surface area contributed by atoms with E-state index in [9.17, 15) is 9.00 Å². The molecule has 0 bridgehead atoms. The van der Waals surface area contributed by atoms with Crippen molar-refractivity contribution < 1.29 is 18.5 Å². The van der Waals surface area contributed by atoms with Crippen LogP contribution in [0.25, 0.3) is 0 Å². The number of carbonyl (C=O) groups is 1. The van der Waals surface area contributed by atoms with Gasteiger partial charge in [-0.15, -0.1) is 0 Å². The quantitative estimate of drug-likeness (QED) is 0.371. The zero-order valence-electron chi connectivity index (χ0n) is 22.8.